The molecule has 1 amide bonds. The zero-order valence-electron chi connectivity index (χ0n) is 17.2. The fraction of sp³-hybridized carbons (Fsp3) is 0.600. The third-order valence-electron chi connectivity index (χ3n) is 4.35. The van der Waals surface area contributed by atoms with Gasteiger partial charge in [0, 0.05) is 46.0 Å². The van der Waals surface area contributed by atoms with Crippen molar-refractivity contribution in [3.63, 3.8) is 0 Å². The topological polar surface area (TPSA) is 69.2 Å². The molecule has 0 aliphatic carbocycles. The maximum Gasteiger partial charge on any atom is 0.407 e. The van der Waals surface area contributed by atoms with Gasteiger partial charge in [0.05, 0.1) is 6.04 Å². The lowest BCUT2D eigenvalue weighted by molar-refractivity contribution is 0.0507. The van der Waals surface area contributed by atoms with Crippen LogP contribution in [0.5, 0.6) is 0 Å². The highest BCUT2D eigenvalue weighted by molar-refractivity contribution is 5.80. The number of alkyl carbamates (subject to hydrolysis) is 1. The van der Waals surface area contributed by atoms with Gasteiger partial charge in [0.15, 0.2) is 5.96 Å². The minimum Gasteiger partial charge on any atom is -0.444 e. The molecule has 0 radical (unpaired) electrons. The first-order chi connectivity index (χ1) is 12.8. The maximum atomic E-state index is 11.9. The number of likely N-dealkylation sites (tertiary alicyclic amines) is 1. The normalized spacial score (nSPS) is 17.6. The third-order valence-corrected chi connectivity index (χ3v) is 4.35. The fourth-order valence-electron chi connectivity index (χ4n) is 3.02. The lowest BCUT2D eigenvalue weighted by Gasteiger charge is -2.25. The van der Waals surface area contributed by atoms with Crippen molar-refractivity contribution in [2.45, 2.75) is 38.8 Å². The molecule has 0 bridgehead atoms. The molecule has 7 heteroatoms. The summed E-state index contributed by atoms with van der Waals surface area (Å²) in [4.78, 5) is 20.7. The van der Waals surface area contributed by atoms with Crippen molar-refractivity contribution >= 4 is 17.7 Å². The highest BCUT2D eigenvalue weighted by Crippen LogP contribution is 2.12. The number of para-hydroxylation sites is 1. The Morgan fingerprint density at radius 1 is 1.33 bits per heavy atom. The average molecular weight is 376 g/mol. The van der Waals surface area contributed by atoms with Gasteiger partial charge in [-0.05, 0) is 39.3 Å². The molecule has 0 aromatic heterocycles. The molecule has 2 rings (SSSR count). The predicted octanol–water partition coefficient (Wildman–Crippen LogP) is 2.30. The molecule has 7 nitrogen and oxygen atoms in total. The van der Waals surface area contributed by atoms with E-state index < -0.39 is 5.60 Å². The van der Waals surface area contributed by atoms with Crippen molar-refractivity contribution in [3.8, 4) is 0 Å². The molecule has 0 saturated carbocycles. The van der Waals surface area contributed by atoms with Crippen molar-refractivity contribution < 1.29 is 9.53 Å². The van der Waals surface area contributed by atoms with Gasteiger partial charge in [-0.1, -0.05) is 18.2 Å². The Hall–Kier alpha value is -2.44. The van der Waals surface area contributed by atoms with Crippen LogP contribution in [0.1, 0.15) is 27.2 Å². The number of nitrogens with zero attached hydrogens (tertiary/aromatic N) is 3. The summed E-state index contributed by atoms with van der Waals surface area (Å²) in [7, 11) is 3.87. The SMILES string of the molecule is CN=C(NCCN(C)c1ccccc1)N1CC[C@@H](NC(=O)OC(C)(C)C)C1. The summed E-state index contributed by atoms with van der Waals surface area (Å²) < 4.78 is 5.34. The highest BCUT2D eigenvalue weighted by Gasteiger charge is 2.27. The van der Waals surface area contributed by atoms with Crippen LogP contribution in [0.3, 0.4) is 0 Å². The molecule has 1 aliphatic heterocycles. The van der Waals surface area contributed by atoms with Crippen molar-refractivity contribution in [2.24, 2.45) is 4.99 Å². The summed E-state index contributed by atoms with van der Waals surface area (Å²) in [5.41, 5.74) is 0.710. The van der Waals surface area contributed by atoms with Crippen LogP contribution in [0, 0.1) is 0 Å². The first-order valence-corrected chi connectivity index (χ1v) is 9.50. The summed E-state index contributed by atoms with van der Waals surface area (Å²) >= 11 is 0. The molecule has 1 aromatic carbocycles. The van der Waals surface area contributed by atoms with E-state index in [1.807, 2.05) is 39.0 Å². The molecular weight excluding hydrogens is 342 g/mol. The minimum atomic E-state index is -0.481. The molecule has 1 aliphatic rings. The number of carbonyl (C=O) groups excluding carboxylic acids is 1. The predicted molar refractivity (Wildman–Crippen MR) is 110 cm³/mol. The number of guanidine groups is 1. The maximum absolute atomic E-state index is 11.9. The summed E-state index contributed by atoms with van der Waals surface area (Å²) in [6.45, 7) is 8.85. The Labute approximate surface area is 162 Å². The molecular formula is C20H33N5O2. The van der Waals surface area contributed by atoms with Crippen molar-refractivity contribution in [3.05, 3.63) is 30.3 Å². The van der Waals surface area contributed by atoms with Gasteiger partial charge in [-0.3, -0.25) is 4.99 Å². The molecule has 1 fully saturated rings. The summed E-state index contributed by atoms with van der Waals surface area (Å²) in [6, 6.07) is 10.4. The molecule has 2 N–H and O–H groups in total. The average Bonchev–Trinajstić information content (AvgIpc) is 3.05. The van der Waals surface area contributed by atoms with Gasteiger partial charge >= 0.3 is 6.09 Å². The Bertz CT molecular complexity index is 627. The highest BCUT2D eigenvalue weighted by atomic mass is 16.6. The van der Waals surface area contributed by atoms with Gasteiger partial charge in [0.25, 0.3) is 0 Å². The summed E-state index contributed by atoms with van der Waals surface area (Å²) in [5, 5.41) is 6.36. The van der Waals surface area contributed by atoms with Crippen LogP contribution >= 0.6 is 0 Å². The Morgan fingerprint density at radius 3 is 2.67 bits per heavy atom. The van der Waals surface area contributed by atoms with Gasteiger partial charge in [-0.2, -0.15) is 0 Å². The number of hydrogen-bond donors (Lipinski definition) is 2. The number of nitrogens with one attached hydrogen (secondary N) is 2. The molecule has 150 valence electrons. The minimum absolute atomic E-state index is 0.0744. The first kappa shape index (κ1) is 20.9. The first-order valence-electron chi connectivity index (χ1n) is 9.50. The van der Waals surface area contributed by atoms with E-state index in [0.717, 1.165) is 38.6 Å². The molecule has 1 saturated heterocycles. The van der Waals surface area contributed by atoms with Gasteiger partial charge in [0.2, 0.25) is 0 Å². The second kappa shape index (κ2) is 9.48. The Balaban J connectivity index is 1.75. The quantitative estimate of drug-likeness (QED) is 0.610. The lowest BCUT2D eigenvalue weighted by atomic mass is 10.2. The van der Waals surface area contributed by atoms with Crippen LogP contribution in [-0.2, 0) is 4.74 Å². The number of anilines is 1. The smallest absolute Gasteiger partial charge is 0.407 e. The van der Waals surface area contributed by atoms with E-state index in [2.05, 4.69) is 44.6 Å². The van der Waals surface area contributed by atoms with E-state index in [0.29, 0.717) is 0 Å². The second-order valence-corrected chi connectivity index (χ2v) is 7.81. The summed E-state index contributed by atoms with van der Waals surface area (Å²) in [5.74, 6) is 0.866. The number of aliphatic imine (C=N–C) groups is 1. The van der Waals surface area contributed by atoms with Crippen LogP contribution in [0.15, 0.2) is 35.3 Å². The third kappa shape index (κ3) is 7.00. The van der Waals surface area contributed by atoms with Gasteiger partial charge in [0.1, 0.15) is 5.60 Å². The molecule has 1 atom stereocenters. The number of benzene rings is 1. The van der Waals surface area contributed by atoms with Crippen LogP contribution in [0.2, 0.25) is 0 Å². The van der Waals surface area contributed by atoms with E-state index in [1.54, 1.807) is 7.05 Å². The van der Waals surface area contributed by atoms with Crippen molar-refractivity contribution in [2.75, 3.05) is 45.2 Å². The second-order valence-electron chi connectivity index (χ2n) is 7.81. The molecule has 0 spiro atoms. The van der Waals surface area contributed by atoms with E-state index in [1.165, 1.54) is 5.69 Å². The van der Waals surface area contributed by atoms with E-state index in [9.17, 15) is 4.79 Å². The van der Waals surface area contributed by atoms with Crippen LogP contribution in [0.4, 0.5) is 10.5 Å². The van der Waals surface area contributed by atoms with E-state index >= 15 is 0 Å². The number of amides is 1. The largest absolute Gasteiger partial charge is 0.444 e. The number of rotatable bonds is 5. The monoisotopic (exact) mass is 375 g/mol. The van der Waals surface area contributed by atoms with Crippen LogP contribution in [-0.4, -0.2) is 68.9 Å². The van der Waals surface area contributed by atoms with Crippen molar-refractivity contribution in [1.29, 1.82) is 0 Å². The molecule has 1 heterocycles. The number of hydrogen-bond acceptors (Lipinski definition) is 4. The zero-order chi connectivity index (χ0) is 19.9. The molecule has 1 aromatic rings. The molecule has 0 unspecified atom stereocenters. The van der Waals surface area contributed by atoms with Crippen LogP contribution in [0.25, 0.3) is 0 Å². The lowest BCUT2D eigenvalue weighted by Crippen LogP contribution is -2.45. The fourth-order valence-corrected chi connectivity index (χ4v) is 3.02. The number of carbonyl (C=O) groups is 1. The number of likely N-dealkylation sites (N-methyl/N-ethyl adjacent to an activating group) is 1. The van der Waals surface area contributed by atoms with Crippen molar-refractivity contribution in [1.82, 2.24) is 15.5 Å². The summed E-state index contributed by atoms with van der Waals surface area (Å²) in [6.07, 6.45) is 0.519. The van der Waals surface area contributed by atoms with Gasteiger partial charge in [-0.25, -0.2) is 4.79 Å². The van der Waals surface area contributed by atoms with E-state index in [-0.39, 0.29) is 12.1 Å². The van der Waals surface area contributed by atoms with Gasteiger partial charge in [-0.15, -0.1) is 0 Å². The van der Waals surface area contributed by atoms with E-state index in [4.69, 9.17) is 4.74 Å². The van der Waals surface area contributed by atoms with Gasteiger partial charge < -0.3 is 25.2 Å². The van der Waals surface area contributed by atoms with Crippen LogP contribution < -0.4 is 15.5 Å². The Morgan fingerprint density at radius 2 is 2.04 bits per heavy atom. The number of ether oxygens (including phenoxy) is 1. The Kier molecular flexibility index (Phi) is 7.33. The molecule has 27 heavy (non-hydrogen) atoms. The standard InChI is InChI=1S/C20H33N5O2/c1-20(2,3)27-19(26)23-16-11-13-25(15-16)18(21-4)22-12-14-24(5)17-9-7-6-8-10-17/h6-10,16H,11-15H2,1-5H3,(H,21,22)(H,23,26)/t16-/m1/s1. The zero-order valence-corrected chi connectivity index (χ0v) is 17.2.